The summed E-state index contributed by atoms with van der Waals surface area (Å²) in [6.07, 6.45) is 0.176. The molecule has 0 aliphatic heterocycles. The zero-order chi connectivity index (χ0) is 16.7. The Balaban J connectivity index is 1.84. The third-order valence-electron chi connectivity index (χ3n) is 2.75. The van der Waals surface area contributed by atoms with Crippen molar-refractivity contribution in [1.29, 1.82) is 0 Å². The van der Waals surface area contributed by atoms with E-state index >= 15 is 0 Å². The first kappa shape index (κ1) is 16.5. The molecule has 1 heterocycles. The second-order valence-corrected chi connectivity index (χ2v) is 4.51. The van der Waals surface area contributed by atoms with Crippen LogP contribution in [0.5, 0.6) is 0 Å². The van der Waals surface area contributed by atoms with Gasteiger partial charge in [-0.05, 0) is 35.9 Å². The number of anilines is 1. The van der Waals surface area contributed by atoms with Gasteiger partial charge in [-0.3, -0.25) is 9.78 Å². The highest BCUT2D eigenvalue weighted by Gasteiger charge is 2.30. The molecule has 8 heteroatoms. The lowest BCUT2D eigenvalue weighted by molar-refractivity contribution is -0.137. The predicted molar refractivity (Wildman–Crippen MR) is 79.9 cm³/mol. The van der Waals surface area contributed by atoms with Crippen LogP contribution in [0.3, 0.4) is 0 Å². The predicted octanol–water partition coefficient (Wildman–Crippen LogP) is 2.66. The molecule has 5 nitrogen and oxygen atoms in total. The minimum atomic E-state index is -4.42. The van der Waals surface area contributed by atoms with Crippen molar-refractivity contribution in [3.05, 3.63) is 59.9 Å². The van der Waals surface area contributed by atoms with E-state index in [0.29, 0.717) is 0 Å². The number of hydrogen-bond donors (Lipinski definition) is 2. The first-order valence-electron chi connectivity index (χ1n) is 6.58. The van der Waals surface area contributed by atoms with Gasteiger partial charge in [-0.25, -0.2) is 5.43 Å². The Bertz CT molecular complexity index is 687. The van der Waals surface area contributed by atoms with Crippen LogP contribution in [0.2, 0.25) is 0 Å². The number of hydrazone groups is 1. The third kappa shape index (κ3) is 5.42. The highest BCUT2D eigenvalue weighted by molar-refractivity contribution is 5.84. The Morgan fingerprint density at radius 1 is 1.22 bits per heavy atom. The molecule has 2 N–H and O–H groups in total. The van der Waals surface area contributed by atoms with E-state index in [1.165, 1.54) is 18.3 Å². The number of alkyl halides is 3. The summed E-state index contributed by atoms with van der Waals surface area (Å²) in [6, 6.07) is 8.03. The molecule has 2 aromatic rings. The molecule has 1 amide bonds. The molecular formula is C15H13F3N4O. The summed E-state index contributed by atoms with van der Waals surface area (Å²) in [4.78, 5) is 15.4. The van der Waals surface area contributed by atoms with E-state index in [4.69, 9.17) is 0 Å². The quantitative estimate of drug-likeness (QED) is 0.657. The maximum atomic E-state index is 12.6. The topological polar surface area (TPSA) is 66.4 Å². The van der Waals surface area contributed by atoms with Crippen LogP contribution in [0.15, 0.2) is 53.9 Å². The van der Waals surface area contributed by atoms with E-state index in [1.54, 1.807) is 24.5 Å². The van der Waals surface area contributed by atoms with Crippen molar-refractivity contribution in [2.45, 2.75) is 6.18 Å². The third-order valence-corrected chi connectivity index (χ3v) is 2.75. The number of aromatic nitrogens is 1. The Kier molecular flexibility index (Phi) is 5.29. The number of nitrogens with zero attached hydrogens (tertiary/aromatic N) is 2. The van der Waals surface area contributed by atoms with Crippen LogP contribution in [0.1, 0.15) is 11.1 Å². The van der Waals surface area contributed by atoms with Gasteiger partial charge in [0, 0.05) is 18.1 Å². The number of hydrogen-bond acceptors (Lipinski definition) is 4. The van der Waals surface area contributed by atoms with E-state index in [-0.39, 0.29) is 12.2 Å². The zero-order valence-electron chi connectivity index (χ0n) is 11.8. The molecule has 0 fully saturated rings. The fraction of sp³-hybridized carbons (Fsp3) is 0.133. The van der Waals surface area contributed by atoms with Gasteiger partial charge >= 0.3 is 6.18 Å². The molecule has 0 unspecified atom stereocenters. The number of amides is 1. The molecule has 0 spiro atoms. The minimum Gasteiger partial charge on any atom is -0.376 e. The zero-order valence-corrected chi connectivity index (χ0v) is 11.8. The Morgan fingerprint density at radius 3 is 2.65 bits per heavy atom. The fourth-order valence-electron chi connectivity index (χ4n) is 1.66. The number of rotatable bonds is 5. The maximum absolute atomic E-state index is 12.6. The minimum absolute atomic E-state index is 0.199. The van der Waals surface area contributed by atoms with Gasteiger partial charge in [0.2, 0.25) is 0 Å². The lowest BCUT2D eigenvalue weighted by Gasteiger charge is -2.09. The van der Waals surface area contributed by atoms with Gasteiger partial charge in [-0.15, -0.1) is 0 Å². The molecule has 120 valence electrons. The Morgan fingerprint density at radius 2 is 1.96 bits per heavy atom. The van der Waals surface area contributed by atoms with Crippen LogP contribution in [-0.2, 0) is 11.0 Å². The average molecular weight is 322 g/mol. The molecule has 0 bridgehead atoms. The summed E-state index contributed by atoms with van der Waals surface area (Å²) in [5.74, 6) is -0.479. The molecular weight excluding hydrogens is 309 g/mol. The Labute approximate surface area is 130 Å². The number of nitrogens with one attached hydrogen (secondary N) is 2. The van der Waals surface area contributed by atoms with Crippen LogP contribution in [0, 0.1) is 0 Å². The molecule has 0 saturated heterocycles. The van der Waals surface area contributed by atoms with Crippen molar-refractivity contribution < 1.29 is 18.0 Å². The summed E-state index contributed by atoms with van der Waals surface area (Å²) < 4.78 is 37.7. The summed E-state index contributed by atoms with van der Waals surface area (Å²) in [7, 11) is 0. The molecule has 0 aliphatic carbocycles. The molecule has 0 aliphatic rings. The van der Waals surface area contributed by atoms with Crippen molar-refractivity contribution in [3.63, 3.8) is 0 Å². The van der Waals surface area contributed by atoms with E-state index < -0.39 is 17.6 Å². The van der Waals surface area contributed by atoms with E-state index in [1.807, 2.05) is 0 Å². The van der Waals surface area contributed by atoms with Crippen LogP contribution in [0.25, 0.3) is 0 Å². The lowest BCUT2D eigenvalue weighted by Crippen LogP contribution is -2.26. The van der Waals surface area contributed by atoms with Gasteiger partial charge in [0.05, 0.1) is 18.3 Å². The van der Waals surface area contributed by atoms with E-state index in [0.717, 1.165) is 17.7 Å². The SMILES string of the molecule is O=C(CNc1cccc(C(F)(F)F)c1)N/N=C\c1ccncc1. The second-order valence-electron chi connectivity index (χ2n) is 4.51. The van der Waals surface area contributed by atoms with Gasteiger partial charge in [0.1, 0.15) is 0 Å². The Hall–Kier alpha value is -2.90. The normalized spacial score (nSPS) is 11.4. The van der Waals surface area contributed by atoms with Crippen molar-refractivity contribution in [3.8, 4) is 0 Å². The number of carbonyl (C=O) groups excluding carboxylic acids is 1. The summed E-state index contributed by atoms with van der Waals surface area (Å²) in [5, 5.41) is 6.35. The number of pyridine rings is 1. The average Bonchev–Trinajstić information content (AvgIpc) is 2.53. The largest absolute Gasteiger partial charge is 0.416 e. The highest BCUT2D eigenvalue weighted by Crippen LogP contribution is 2.30. The number of benzene rings is 1. The summed E-state index contributed by atoms with van der Waals surface area (Å²) >= 11 is 0. The second kappa shape index (κ2) is 7.39. The first-order valence-corrected chi connectivity index (χ1v) is 6.58. The standard InChI is InChI=1S/C15H13F3N4O/c16-15(17,18)12-2-1-3-13(8-12)20-10-14(23)22-21-9-11-4-6-19-7-5-11/h1-9,20H,10H2,(H,22,23)/b21-9-. The maximum Gasteiger partial charge on any atom is 0.416 e. The fourth-order valence-corrected chi connectivity index (χ4v) is 1.66. The van der Waals surface area contributed by atoms with Gasteiger partial charge in [0.25, 0.3) is 5.91 Å². The smallest absolute Gasteiger partial charge is 0.376 e. The van der Waals surface area contributed by atoms with Crippen molar-refractivity contribution in [2.24, 2.45) is 5.10 Å². The molecule has 2 rings (SSSR count). The van der Waals surface area contributed by atoms with Gasteiger partial charge in [0.15, 0.2) is 0 Å². The van der Waals surface area contributed by atoms with Crippen LogP contribution in [0.4, 0.5) is 18.9 Å². The molecule has 0 saturated carbocycles. The van der Waals surface area contributed by atoms with Crippen LogP contribution < -0.4 is 10.7 Å². The van der Waals surface area contributed by atoms with E-state index in [2.05, 4.69) is 20.8 Å². The van der Waals surface area contributed by atoms with Crippen molar-refractivity contribution >= 4 is 17.8 Å². The molecule has 23 heavy (non-hydrogen) atoms. The molecule has 1 aromatic carbocycles. The first-order chi connectivity index (χ1) is 10.9. The lowest BCUT2D eigenvalue weighted by atomic mass is 10.2. The van der Waals surface area contributed by atoms with E-state index in [9.17, 15) is 18.0 Å². The van der Waals surface area contributed by atoms with Crippen LogP contribution in [-0.4, -0.2) is 23.7 Å². The summed E-state index contributed by atoms with van der Waals surface area (Å²) in [6.45, 7) is -0.199. The highest BCUT2D eigenvalue weighted by atomic mass is 19.4. The van der Waals surface area contributed by atoms with Gasteiger partial charge in [-0.2, -0.15) is 18.3 Å². The summed E-state index contributed by atoms with van der Waals surface area (Å²) in [5.41, 5.74) is 2.45. The van der Waals surface area contributed by atoms with Crippen LogP contribution >= 0.6 is 0 Å². The number of halogens is 3. The van der Waals surface area contributed by atoms with Gasteiger partial charge < -0.3 is 5.32 Å². The van der Waals surface area contributed by atoms with Crippen molar-refractivity contribution in [1.82, 2.24) is 10.4 Å². The number of carbonyl (C=O) groups is 1. The molecule has 0 radical (unpaired) electrons. The molecule has 1 aromatic heterocycles. The van der Waals surface area contributed by atoms with Crippen molar-refractivity contribution in [2.75, 3.05) is 11.9 Å². The monoisotopic (exact) mass is 322 g/mol. The molecule has 0 atom stereocenters. The van der Waals surface area contributed by atoms with Gasteiger partial charge in [-0.1, -0.05) is 6.07 Å².